The second-order valence-corrected chi connectivity index (χ2v) is 7.11. The molecule has 2 N–H and O–H groups in total. The van der Waals surface area contributed by atoms with Crippen LogP contribution in [0.2, 0.25) is 0 Å². The van der Waals surface area contributed by atoms with Gasteiger partial charge in [0.25, 0.3) is 0 Å². The summed E-state index contributed by atoms with van der Waals surface area (Å²) in [6, 6.07) is 0.629. The van der Waals surface area contributed by atoms with E-state index in [-0.39, 0.29) is 0 Å². The Labute approximate surface area is 138 Å². The van der Waals surface area contributed by atoms with E-state index in [1.807, 2.05) is 7.05 Å². The van der Waals surface area contributed by atoms with E-state index >= 15 is 0 Å². The highest BCUT2D eigenvalue weighted by molar-refractivity contribution is 7.11. The maximum absolute atomic E-state index is 4.47. The Morgan fingerprint density at radius 1 is 1.36 bits per heavy atom. The molecule has 2 heterocycles. The summed E-state index contributed by atoms with van der Waals surface area (Å²) >= 11 is 1.75. The molecule has 1 aliphatic heterocycles. The molecule has 22 heavy (non-hydrogen) atoms. The van der Waals surface area contributed by atoms with Gasteiger partial charge in [0.1, 0.15) is 0 Å². The van der Waals surface area contributed by atoms with Gasteiger partial charge in [-0.3, -0.25) is 9.89 Å². The molecule has 1 aromatic rings. The molecule has 0 radical (unpaired) electrons. The zero-order valence-corrected chi connectivity index (χ0v) is 15.1. The summed E-state index contributed by atoms with van der Waals surface area (Å²) in [5, 5.41) is 8.01. The number of piperidine rings is 1. The molecule has 5 nitrogen and oxygen atoms in total. The highest BCUT2D eigenvalue weighted by Crippen LogP contribution is 2.17. The Balaban J connectivity index is 1.81. The highest BCUT2D eigenvalue weighted by Gasteiger charge is 2.20. The van der Waals surface area contributed by atoms with Crippen molar-refractivity contribution in [3.05, 3.63) is 15.6 Å². The van der Waals surface area contributed by atoms with Crippen molar-refractivity contribution < 1.29 is 0 Å². The summed E-state index contributed by atoms with van der Waals surface area (Å²) in [6.45, 7) is 10.5. The van der Waals surface area contributed by atoms with Crippen molar-refractivity contribution >= 4 is 17.3 Å². The Kier molecular flexibility index (Phi) is 6.64. The fourth-order valence-corrected chi connectivity index (χ4v) is 3.92. The van der Waals surface area contributed by atoms with Crippen LogP contribution in [0.5, 0.6) is 0 Å². The standard InChI is InChI=1S/C16H29N5S/c1-5-21-9-7-6-8-14(21)10-18-16(17-4)19-11-15-12(2)20-13(3)22-15/h14H,5-11H2,1-4H3,(H2,17,18,19). The minimum atomic E-state index is 0.629. The fourth-order valence-electron chi connectivity index (χ4n) is 3.04. The number of likely N-dealkylation sites (tertiary alicyclic amines) is 1. The van der Waals surface area contributed by atoms with E-state index in [0.717, 1.165) is 36.3 Å². The van der Waals surface area contributed by atoms with Crippen molar-refractivity contribution in [3.8, 4) is 0 Å². The lowest BCUT2D eigenvalue weighted by Gasteiger charge is -2.35. The normalized spacial score (nSPS) is 20.2. The zero-order chi connectivity index (χ0) is 15.9. The van der Waals surface area contributed by atoms with Gasteiger partial charge in [-0.05, 0) is 39.8 Å². The third kappa shape index (κ3) is 4.68. The molecule has 0 aromatic carbocycles. The number of aryl methyl sites for hydroxylation is 2. The molecule has 0 amide bonds. The Bertz CT molecular complexity index is 497. The third-order valence-corrected chi connectivity index (χ3v) is 5.37. The Hall–Kier alpha value is -1.14. The minimum Gasteiger partial charge on any atom is -0.355 e. The van der Waals surface area contributed by atoms with E-state index in [1.54, 1.807) is 11.3 Å². The zero-order valence-electron chi connectivity index (χ0n) is 14.3. The first-order valence-electron chi connectivity index (χ1n) is 8.25. The van der Waals surface area contributed by atoms with E-state index in [4.69, 9.17) is 0 Å². The molecular weight excluding hydrogens is 294 g/mol. The van der Waals surface area contributed by atoms with Gasteiger partial charge in [-0.25, -0.2) is 4.98 Å². The van der Waals surface area contributed by atoms with E-state index in [0.29, 0.717) is 6.04 Å². The SMILES string of the molecule is CCN1CCCCC1CNC(=NC)NCc1sc(C)nc1C. The van der Waals surface area contributed by atoms with Crippen molar-refractivity contribution in [3.63, 3.8) is 0 Å². The van der Waals surface area contributed by atoms with Crippen LogP contribution in [0.25, 0.3) is 0 Å². The van der Waals surface area contributed by atoms with Gasteiger partial charge in [-0.2, -0.15) is 0 Å². The molecule has 0 aliphatic carbocycles. The minimum absolute atomic E-state index is 0.629. The van der Waals surface area contributed by atoms with Crippen LogP contribution >= 0.6 is 11.3 Å². The van der Waals surface area contributed by atoms with Gasteiger partial charge in [0, 0.05) is 24.5 Å². The summed E-state index contributed by atoms with van der Waals surface area (Å²) < 4.78 is 0. The van der Waals surface area contributed by atoms with E-state index < -0.39 is 0 Å². The lowest BCUT2D eigenvalue weighted by Crippen LogP contribution is -2.48. The fraction of sp³-hybridized carbons (Fsp3) is 0.750. The van der Waals surface area contributed by atoms with Gasteiger partial charge in [-0.15, -0.1) is 11.3 Å². The second-order valence-electron chi connectivity index (χ2n) is 5.83. The number of thiazole rings is 1. The van der Waals surface area contributed by atoms with Crippen LogP contribution < -0.4 is 10.6 Å². The maximum Gasteiger partial charge on any atom is 0.191 e. The molecule has 6 heteroatoms. The van der Waals surface area contributed by atoms with E-state index in [2.05, 4.69) is 46.3 Å². The first kappa shape index (κ1) is 17.2. The molecule has 1 aromatic heterocycles. The van der Waals surface area contributed by atoms with E-state index in [1.165, 1.54) is 30.7 Å². The van der Waals surface area contributed by atoms with Gasteiger partial charge in [0.15, 0.2) is 5.96 Å². The quantitative estimate of drug-likeness (QED) is 0.645. The van der Waals surface area contributed by atoms with Gasteiger partial charge >= 0.3 is 0 Å². The molecular formula is C16H29N5S. The molecule has 0 saturated carbocycles. The van der Waals surface area contributed by atoms with Crippen LogP contribution in [-0.2, 0) is 6.54 Å². The van der Waals surface area contributed by atoms with Crippen molar-refractivity contribution in [2.45, 2.75) is 52.6 Å². The smallest absolute Gasteiger partial charge is 0.191 e. The van der Waals surface area contributed by atoms with Crippen molar-refractivity contribution in [1.29, 1.82) is 0 Å². The molecule has 1 saturated heterocycles. The van der Waals surface area contributed by atoms with Crippen molar-refractivity contribution in [1.82, 2.24) is 20.5 Å². The number of aliphatic imine (C=N–C) groups is 1. The molecule has 1 fully saturated rings. The predicted octanol–water partition coefficient (Wildman–Crippen LogP) is 2.30. The summed E-state index contributed by atoms with van der Waals surface area (Å²) in [7, 11) is 1.83. The third-order valence-electron chi connectivity index (χ3n) is 4.30. The monoisotopic (exact) mass is 323 g/mol. The van der Waals surface area contributed by atoms with Crippen LogP contribution in [-0.4, -0.2) is 48.6 Å². The number of likely N-dealkylation sites (N-methyl/N-ethyl adjacent to an activating group) is 1. The van der Waals surface area contributed by atoms with Gasteiger partial charge in [-0.1, -0.05) is 13.3 Å². The molecule has 0 bridgehead atoms. The molecule has 2 rings (SSSR count). The molecule has 0 spiro atoms. The molecule has 1 aliphatic rings. The summed E-state index contributed by atoms with van der Waals surface area (Å²) in [5.41, 5.74) is 1.12. The number of guanidine groups is 1. The number of rotatable bonds is 5. The van der Waals surface area contributed by atoms with Crippen LogP contribution in [0.1, 0.15) is 41.8 Å². The Morgan fingerprint density at radius 3 is 2.82 bits per heavy atom. The molecule has 1 atom stereocenters. The predicted molar refractivity (Wildman–Crippen MR) is 94.7 cm³/mol. The lowest BCUT2D eigenvalue weighted by atomic mass is 10.0. The van der Waals surface area contributed by atoms with Gasteiger partial charge in [0.05, 0.1) is 17.2 Å². The van der Waals surface area contributed by atoms with Crippen LogP contribution in [0.3, 0.4) is 0 Å². The first-order valence-corrected chi connectivity index (χ1v) is 9.07. The van der Waals surface area contributed by atoms with Crippen molar-refractivity contribution in [2.75, 3.05) is 26.7 Å². The molecule has 124 valence electrons. The number of nitrogens with zero attached hydrogens (tertiary/aromatic N) is 3. The van der Waals surface area contributed by atoms with Gasteiger partial charge < -0.3 is 10.6 Å². The summed E-state index contributed by atoms with van der Waals surface area (Å²) in [6.07, 6.45) is 3.96. The second kappa shape index (κ2) is 8.48. The van der Waals surface area contributed by atoms with E-state index in [9.17, 15) is 0 Å². The summed E-state index contributed by atoms with van der Waals surface area (Å²) in [4.78, 5) is 12.7. The lowest BCUT2D eigenvalue weighted by molar-refractivity contribution is 0.157. The van der Waals surface area contributed by atoms with Crippen LogP contribution in [0.4, 0.5) is 0 Å². The van der Waals surface area contributed by atoms with Gasteiger partial charge in [0.2, 0.25) is 0 Å². The van der Waals surface area contributed by atoms with Crippen LogP contribution in [0, 0.1) is 13.8 Å². The maximum atomic E-state index is 4.47. The average Bonchev–Trinajstić information content (AvgIpc) is 2.85. The molecule has 1 unspecified atom stereocenters. The number of aromatic nitrogens is 1. The number of hydrogen-bond acceptors (Lipinski definition) is 4. The summed E-state index contributed by atoms with van der Waals surface area (Å²) in [5.74, 6) is 0.882. The number of nitrogens with one attached hydrogen (secondary N) is 2. The Morgan fingerprint density at radius 2 is 2.18 bits per heavy atom. The first-order chi connectivity index (χ1) is 10.6. The van der Waals surface area contributed by atoms with Crippen molar-refractivity contribution in [2.24, 2.45) is 4.99 Å². The average molecular weight is 324 g/mol. The highest BCUT2D eigenvalue weighted by atomic mass is 32.1. The topological polar surface area (TPSA) is 52.5 Å². The van der Waals surface area contributed by atoms with Crippen LogP contribution in [0.15, 0.2) is 4.99 Å². The largest absolute Gasteiger partial charge is 0.355 e. The number of hydrogen-bond donors (Lipinski definition) is 2.